The zero-order valence-corrected chi connectivity index (χ0v) is 14.2. The van der Waals surface area contributed by atoms with Gasteiger partial charge < -0.3 is 5.11 Å². The van der Waals surface area contributed by atoms with Crippen molar-refractivity contribution in [3.8, 4) is 5.75 Å². The Morgan fingerprint density at radius 1 is 1.08 bits per heavy atom. The van der Waals surface area contributed by atoms with Crippen molar-refractivity contribution in [3.63, 3.8) is 0 Å². The molecule has 1 heterocycles. The summed E-state index contributed by atoms with van der Waals surface area (Å²) in [4.78, 5) is 13.6. The highest BCUT2D eigenvalue weighted by Crippen LogP contribution is 2.25. The number of nitrogens with zero attached hydrogens (tertiary/aromatic N) is 1. The van der Waals surface area contributed by atoms with E-state index in [0.29, 0.717) is 11.1 Å². The van der Waals surface area contributed by atoms with Crippen LogP contribution < -0.4 is 15.4 Å². The fraction of sp³-hybridized carbons (Fsp3) is 0.0476. The smallest absolute Gasteiger partial charge is 0.277 e. The van der Waals surface area contributed by atoms with Crippen LogP contribution in [0.2, 0.25) is 0 Å². The summed E-state index contributed by atoms with van der Waals surface area (Å²) in [6, 6.07) is 18.7. The van der Waals surface area contributed by atoms with Crippen LogP contribution in [-0.2, 0) is 4.79 Å². The number of benzene rings is 3. The molecule has 0 saturated carbocycles. The van der Waals surface area contributed by atoms with Crippen LogP contribution in [0.1, 0.15) is 11.1 Å². The molecule has 0 aromatic heterocycles. The minimum atomic E-state index is -0.293. The van der Waals surface area contributed by atoms with Crippen LogP contribution in [0.25, 0.3) is 16.3 Å². The molecule has 0 fully saturated rings. The number of carbonyl (C=O) groups is 1. The van der Waals surface area contributed by atoms with E-state index in [-0.39, 0.29) is 11.7 Å². The molecule has 2 N–H and O–H groups in total. The van der Waals surface area contributed by atoms with Gasteiger partial charge in [0.05, 0.1) is 18.8 Å². The minimum absolute atomic E-state index is 0.128. The molecule has 1 atom stereocenters. The number of carbonyl (C=O) groups excluding carboxylic acids is 1. The maximum absolute atomic E-state index is 12.5. The van der Waals surface area contributed by atoms with Crippen molar-refractivity contribution >= 4 is 34.2 Å². The molecule has 1 amide bonds. The van der Waals surface area contributed by atoms with Crippen LogP contribution in [-0.4, -0.2) is 19.2 Å². The molecule has 0 saturated heterocycles. The number of quaternary nitrogens is 1. The predicted molar refractivity (Wildman–Crippen MR) is 100 cm³/mol. The number of rotatable bonds is 3. The summed E-state index contributed by atoms with van der Waals surface area (Å²) >= 11 is 0. The Morgan fingerprint density at radius 3 is 2.73 bits per heavy atom. The second-order valence-electron chi connectivity index (χ2n) is 6.18. The number of amides is 1. The molecule has 5 nitrogen and oxygen atoms in total. The van der Waals surface area contributed by atoms with Crippen LogP contribution >= 0.6 is 0 Å². The highest BCUT2D eigenvalue weighted by molar-refractivity contribution is 6.21. The van der Waals surface area contributed by atoms with Crippen molar-refractivity contribution in [2.24, 2.45) is 5.10 Å². The number of hydrogen-bond acceptors (Lipinski definition) is 3. The van der Waals surface area contributed by atoms with Gasteiger partial charge in [-0.25, -0.2) is 5.43 Å². The van der Waals surface area contributed by atoms with Crippen molar-refractivity contribution in [2.45, 2.75) is 0 Å². The molecule has 1 unspecified atom stereocenters. The highest BCUT2D eigenvalue weighted by atomic mass is 16.3. The van der Waals surface area contributed by atoms with Gasteiger partial charge >= 0.3 is 0 Å². The molecular weight excluding hydrogens is 326 g/mol. The maximum atomic E-state index is 12.5. The molecule has 1 aliphatic rings. The zero-order chi connectivity index (χ0) is 18.1. The van der Waals surface area contributed by atoms with Crippen LogP contribution in [0, 0.1) is 0 Å². The lowest BCUT2D eigenvalue weighted by molar-refractivity contribution is -0.747. The fourth-order valence-electron chi connectivity index (χ4n) is 3.25. The molecule has 3 aromatic rings. The van der Waals surface area contributed by atoms with Crippen LogP contribution in [0.5, 0.6) is 5.75 Å². The fourth-order valence-corrected chi connectivity index (χ4v) is 3.25. The molecule has 0 spiro atoms. The molecule has 4 rings (SSSR count). The first-order chi connectivity index (χ1) is 12.6. The van der Waals surface area contributed by atoms with Gasteiger partial charge in [-0.05, 0) is 22.4 Å². The summed E-state index contributed by atoms with van der Waals surface area (Å²) in [6.45, 7) is 0. The average Bonchev–Trinajstić information content (AvgIpc) is 3.01. The van der Waals surface area contributed by atoms with Crippen LogP contribution in [0.15, 0.2) is 72.0 Å². The Hall–Kier alpha value is -3.44. The molecule has 0 aliphatic carbocycles. The normalized spacial score (nSPS) is 15.9. The lowest BCUT2D eigenvalue weighted by atomic mass is 10.0. The van der Waals surface area contributed by atoms with E-state index in [1.54, 1.807) is 6.07 Å². The first-order valence-corrected chi connectivity index (χ1v) is 8.32. The molecule has 0 bridgehead atoms. The van der Waals surface area contributed by atoms with E-state index < -0.39 is 0 Å². The molecule has 26 heavy (non-hydrogen) atoms. The molecular formula is C21H17N3O2. The van der Waals surface area contributed by atoms with E-state index in [1.165, 1.54) is 12.3 Å². The van der Waals surface area contributed by atoms with Crippen molar-refractivity contribution < 1.29 is 14.8 Å². The third-order valence-corrected chi connectivity index (χ3v) is 4.54. The van der Waals surface area contributed by atoms with E-state index >= 15 is 0 Å². The SMILES string of the molecule is C[NH+]1C=C(C(=O)NN=Cc2c([O-])ccc3ccccc23)c2ccccc21. The predicted octanol–water partition coefficient (Wildman–Crippen LogP) is 1.56. The van der Waals surface area contributed by atoms with Gasteiger partial charge in [0.15, 0.2) is 0 Å². The minimum Gasteiger partial charge on any atom is -0.872 e. The van der Waals surface area contributed by atoms with Gasteiger partial charge in [-0.2, -0.15) is 5.10 Å². The standard InChI is InChI=1S/C21H17N3O2/c1-24-13-18(16-8-4-5-9-19(16)24)21(26)23-22-12-17-15-7-3-2-6-14(15)10-11-20(17)25/h2-13,25H,1H3,(H,23,26). The lowest BCUT2D eigenvalue weighted by Crippen LogP contribution is -2.97. The van der Waals surface area contributed by atoms with Gasteiger partial charge in [0.25, 0.3) is 5.91 Å². The van der Waals surface area contributed by atoms with Gasteiger partial charge in [-0.15, -0.1) is 0 Å². The monoisotopic (exact) mass is 343 g/mol. The third kappa shape index (κ3) is 2.74. The maximum Gasteiger partial charge on any atom is 0.277 e. The first kappa shape index (κ1) is 16.1. The highest BCUT2D eigenvalue weighted by Gasteiger charge is 2.27. The van der Waals surface area contributed by atoms with Crippen molar-refractivity contribution in [2.75, 3.05) is 7.05 Å². The lowest BCUT2D eigenvalue weighted by Gasteiger charge is -2.12. The Kier molecular flexibility index (Phi) is 3.99. The number of fused-ring (bicyclic) bond motifs is 2. The quantitative estimate of drug-likeness (QED) is 0.560. The van der Waals surface area contributed by atoms with E-state index in [4.69, 9.17) is 0 Å². The Balaban J connectivity index is 1.58. The van der Waals surface area contributed by atoms with E-state index in [0.717, 1.165) is 26.9 Å². The Morgan fingerprint density at radius 2 is 1.85 bits per heavy atom. The molecule has 0 radical (unpaired) electrons. The van der Waals surface area contributed by atoms with Crippen LogP contribution in [0.4, 0.5) is 5.69 Å². The van der Waals surface area contributed by atoms with Gasteiger partial charge in [-0.1, -0.05) is 54.3 Å². The van der Waals surface area contributed by atoms with Gasteiger partial charge in [0.1, 0.15) is 17.5 Å². The first-order valence-electron chi connectivity index (χ1n) is 8.32. The van der Waals surface area contributed by atoms with E-state index in [2.05, 4.69) is 10.5 Å². The second-order valence-corrected chi connectivity index (χ2v) is 6.18. The van der Waals surface area contributed by atoms with Crippen molar-refractivity contribution in [1.82, 2.24) is 5.43 Å². The Bertz CT molecular complexity index is 1070. The summed E-state index contributed by atoms with van der Waals surface area (Å²) in [5, 5.41) is 17.9. The molecule has 1 aliphatic heterocycles. The summed E-state index contributed by atoms with van der Waals surface area (Å²) in [7, 11) is 1.97. The summed E-state index contributed by atoms with van der Waals surface area (Å²) in [5.41, 5.74) is 5.53. The number of nitrogens with one attached hydrogen (secondary N) is 2. The van der Waals surface area contributed by atoms with Gasteiger partial charge in [0.2, 0.25) is 0 Å². The number of hydrazone groups is 1. The van der Waals surface area contributed by atoms with Crippen molar-refractivity contribution in [3.05, 3.63) is 78.0 Å². The zero-order valence-electron chi connectivity index (χ0n) is 14.2. The summed E-state index contributed by atoms with van der Waals surface area (Å²) in [6.07, 6.45) is 3.27. The third-order valence-electron chi connectivity index (χ3n) is 4.54. The topological polar surface area (TPSA) is 69.0 Å². The van der Waals surface area contributed by atoms with Gasteiger partial charge in [0, 0.05) is 6.07 Å². The van der Waals surface area contributed by atoms with Gasteiger partial charge in [-0.3, -0.25) is 9.69 Å². The molecule has 5 heteroatoms. The summed E-state index contributed by atoms with van der Waals surface area (Å²) < 4.78 is 0. The largest absolute Gasteiger partial charge is 0.872 e. The Labute approximate surface area is 150 Å². The number of hydrogen-bond donors (Lipinski definition) is 2. The van der Waals surface area contributed by atoms with E-state index in [1.807, 2.05) is 61.8 Å². The van der Waals surface area contributed by atoms with E-state index in [9.17, 15) is 9.90 Å². The number of para-hydroxylation sites is 1. The average molecular weight is 343 g/mol. The summed E-state index contributed by atoms with van der Waals surface area (Å²) in [5.74, 6) is -0.422. The van der Waals surface area contributed by atoms with Crippen molar-refractivity contribution in [1.29, 1.82) is 0 Å². The second kappa shape index (κ2) is 6.46. The van der Waals surface area contributed by atoms with Crippen LogP contribution in [0.3, 0.4) is 0 Å². The molecule has 3 aromatic carbocycles. The molecule has 128 valence electrons.